The number of halogens is 4. The molecule has 0 bridgehead atoms. The number of nitrogens with zero attached hydrogens (tertiary/aromatic N) is 1. The largest absolute Gasteiger partial charge is 0.417 e. The number of rotatable bonds is 5. The zero-order chi connectivity index (χ0) is 18.4. The van der Waals surface area contributed by atoms with Gasteiger partial charge in [0.2, 0.25) is 0 Å². The summed E-state index contributed by atoms with van der Waals surface area (Å²) in [6.45, 7) is 6.21. The van der Waals surface area contributed by atoms with E-state index < -0.39 is 11.7 Å². The van der Waals surface area contributed by atoms with Crippen LogP contribution in [-0.4, -0.2) is 36.2 Å². The number of anilines is 1. The zero-order valence-electron chi connectivity index (χ0n) is 14.1. The molecule has 1 aromatic carbocycles. The van der Waals surface area contributed by atoms with Gasteiger partial charge in [0.25, 0.3) is 0 Å². The minimum Gasteiger partial charge on any atom is -0.362 e. The quantitative estimate of drug-likeness (QED) is 0.556. The molecule has 0 spiro atoms. The van der Waals surface area contributed by atoms with Gasteiger partial charge in [-0.25, -0.2) is 0 Å². The molecule has 0 saturated carbocycles. The van der Waals surface area contributed by atoms with Gasteiger partial charge in [-0.3, -0.25) is 0 Å². The smallest absolute Gasteiger partial charge is 0.362 e. The molecule has 1 aromatic rings. The molecule has 1 fully saturated rings. The Hall–Kier alpha value is -1.05. The van der Waals surface area contributed by atoms with E-state index in [0.717, 1.165) is 38.0 Å². The highest BCUT2D eigenvalue weighted by Crippen LogP contribution is 2.36. The molecule has 140 valence electrons. The number of hydrogen-bond acceptors (Lipinski definition) is 2. The van der Waals surface area contributed by atoms with Crippen molar-refractivity contribution in [2.75, 3.05) is 31.5 Å². The van der Waals surface area contributed by atoms with Crippen molar-refractivity contribution in [1.29, 1.82) is 0 Å². The van der Waals surface area contributed by atoms with Crippen LogP contribution in [0.25, 0.3) is 0 Å². The summed E-state index contributed by atoms with van der Waals surface area (Å²) in [7, 11) is 0. The molecule has 0 amide bonds. The van der Waals surface area contributed by atoms with Crippen LogP contribution in [0.15, 0.2) is 18.2 Å². The van der Waals surface area contributed by atoms with Crippen LogP contribution >= 0.6 is 23.8 Å². The number of likely N-dealkylation sites (tertiary alicyclic amines) is 1. The maximum Gasteiger partial charge on any atom is 0.417 e. The molecule has 1 atom stereocenters. The first kappa shape index (κ1) is 20.3. The molecule has 0 radical (unpaired) electrons. The highest BCUT2D eigenvalue weighted by atomic mass is 35.5. The molecule has 1 unspecified atom stereocenters. The standard InChI is InChI=1S/C17H23ClF3N3S/c1-12-4-2-8-24(11-12)9-3-7-22-16(25)23-13-5-6-15(18)14(10-13)17(19,20)21/h5-6,10,12H,2-4,7-9,11H2,1H3,(H2,22,23,25). The average Bonchev–Trinajstić information content (AvgIpc) is 2.52. The van der Waals surface area contributed by atoms with Crippen LogP contribution in [0.5, 0.6) is 0 Å². The van der Waals surface area contributed by atoms with Crippen molar-refractivity contribution in [3.05, 3.63) is 28.8 Å². The second kappa shape index (κ2) is 9.05. The fourth-order valence-electron chi connectivity index (χ4n) is 2.99. The second-order valence-electron chi connectivity index (χ2n) is 6.47. The number of piperidine rings is 1. The summed E-state index contributed by atoms with van der Waals surface area (Å²) in [5.41, 5.74) is -0.611. The second-order valence-corrected chi connectivity index (χ2v) is 7.29. The fourth-order valence-corrected chi connectivity index (χ4v) is 3.43. The van der Waals surface area contributed by atoms with Crippen LogP contribution in [0.2, 0.25) is 5.02 Å². The third-order valence-electron chi connectivity index (χ3n) is 4.21. The van der Waals surface area contributed by atoms with Gasteiger partial charge < -0.3 is 15.5 Å². The number of thiocarbonyl (C=S) groups is 1. The first-order valence-electron chi connectivity index (χ1n) is 8.39. The van der Waals surface area contributed by atoms with Gasteiger partial charge in [-0.05, 0) is 68.7 Å². The Morgan fingerprint density at radius 2 is 2.16 bits per heavy atom. The monoisotopic (exact) mass is 393 g/mol. The first-order valence-corrected chi connectivity index (χ1v) is 9.18. The summed E-state index contributed by atoms with van der Waals surface area (Å²) in [6, 6.07) is 3.65. The van der Waals surface area contributed by atoms with Crippen molar-refractivity contribution in [3.63, 3.8) is 0 Å². The minimum atomic E-state index is -4.49. The molecule has 2 N–H and O–H groups in total. The van der Waals surface area contributed by atoms with E-state index in [9.17, 15) is 13.2 Å². The van der Waals surface area contributed by atoms with Crippen molar-refractivity contribution in [1.82, 2.24) is 10.2 Å². The molecule has 3 nitrogen and oxygen atoms in total. The lowest BCUT2D eigenvalue weighted by molar-refractivity contribution is -0.137. The molecule has 8 heteroatoms. The molecule has 1 heterocycles. The molecule has 1 aliphatic rings. The summed E-state index contributed by atoms with van der Waals surface area (Å²) >= 11 is 10.7. The normalized spacial score (nSPS) is 18.8. The number of nitrogens with one attached hydrogen (secondary N) is 2. The lowest BCUT2D eigenvalue weighted by Gasteiger charge is -2.30. The Bertz CT molecular complexity index is 595. The van der Waals surface area contributed by atoms with E-state index in [1.807, 2.05) is 0 Å². The molecule has 25 heavy (non-hydrogen) atoms. The summed E-state index contributed by atoms with van der Waals surface area (Å²) < 4.78 is 38.6. The number of alkyl halides is 3. The van der Waals surface area contributed by atoms with E-state index in [4.69, 9.17) is 23.8 Å². The third-order valence-corrected chi connectivity index (χ3v) is 4.78. The first-order chi connectivity index (χ1) is 11.8. The van der Waals surface area contributed by atoms with E-state index in [0.29, 0.717) is 11.7 Å². The lowest BCUT2D eigenvalue weighted by atomic mass is 10.0. The summed E-state index contributed by atoms with van der Waals surface area (Å²) in [6.07, 6.45) is -1.02. The summed E-state index contributed by atoms with van der Waals surface area (Å²) in [5.74, 6) is 0.747. The molecule has 0 aromatic heterocycles. The SMILES string of the molecule is CC1CCCN(CCCNC(=S)Nc2ccc(Cl)c(C(F)(F)F)c2)C1. The van der Waals surface area contributed by atoms with Crippen molar-refractivity contribution in [2.45, 2.75) is 32.4 Å². The molecule has 1 aliphatic heterocycles. The van der Waals surface area contributed by atoms with Crippen molar-refractivity contribution < 1.29 is 13.2 Å². The van der Waals surface area contributed by atoms with Gasteiger partial charge >= 0.3 is 6.18 Å². The van der Waals surface area contributed by atoms with Crippen LogP contribution in [0, 0.1) is 5.92 Å². The van der Waals surface area contributed by atoms with Crippen molar-refractivity contribution in [3.8, 4) is 0 Å². The Morgan fingerprint density at radius 3 is 2.84 bits per heavy atom. The Labute approximate surface area is 156 Å². The molecular weight excluding hydrogens is 371 g/mol. The van der Waals surface area contributed by atoms with Crippen LogP contribution in [-0.2, 0) is 6.18 Å². The maximum absolute atomic E-state index is 12.9. The van der Waals surface area contributed by atoms with Gasteiger partial charge in [-0.15, -0.1) is 0 Å². The maximum atomic E-state index is 12.9. The summed E-state index contributed by atoms with van der Waals surface area (Å²) in [4.78, 5) is 2.45. The Morgan fingerprint density at radius 1 is 1.40 bits per heavy atom. The topological polar surface area (TPSA) is 27.3 Å². The van der Waals surface area contributed by atoms with E-state index >= 15 is 0 Å². The molecule has 2 rings (SSSR count). The van der Waals surface area contributed by atoms with Crippen LogP contribution < -0.4 is 10.6 Å². The van der Waals surface area contributed by atoms with E-state index in [-0.39, 0.29) is 10.7 Å². The Kier molecular flexibility index (Phi) is 7.34. The minimum absolute atomic E-state index is 0.263. The van der Waals surface area contributed by atoms with E-state index in [1.54, 1.807) is 0 Å². The molecular formula is C17H23ClF3N3S. The van der Waals surface area contributed by atoms with E-state index in [1.165, 1.54) is 25.0 Å². The van der Waals surface area contributed by atoms with Crippen molar-refractivity contribution in [2.24, 2.45) is 5.92 Å². The third kappa shape index (κ3) is 6.64. The van der Waals surface area contributed by atoms with Crippen LogP contribution in [0.4, 0.5) is 18.9 Å². The predicted octanol–water partition coefficient (Wildman–Crippen LogP) is 4.77. The molecule has 1 saturated heterocycles. The molecule has 0 aliphatic carbocycles. The zero-order valence-corrected chi connectivity index (χ0v) is 15.7. The predicted molar refractivity (Wildman–Crippen MR) is 100 cm³/mol. The van der Waals surface area contributed by atoms with Gasteiger partial charge in [-0.2, -0.15) is 13.2 Å². The lowest BCUT2D eigenvalue weighted by Crippen LogP contribution is -2.37. The highest BCUT2D eigenvalue weighted by Gasteiger charge is 2.33. The van der Waals surface area contributed by atoms with E-state index in [2.05, 4.69) is 22.5 Å². The fraction of sp³-hybridized carbons (Fsp3) is 0.588. The number of benzene rings is 1. The summed E-state index contributed by atoms with van der Waals surface area (Å²) in [5, 5.41) is 5.79. The van der Waals surface area contributed by atoms with Gasteiger partial charge in [0, 0.05) is 18.8 Å². The van der Waals surface area contributed by atoms with Crippen molar-refractivity contribution >= 4 is 34.6 Å². The van der Waals surface area contributed by atoms with Crippen LogP contribution in [0.3, 0.4) is 0 Å². The average molecular weight is 394 g/mol. The van der Waals surface area contributed by atoms with Gasteiger partial charge in [0.15, 0.2) is 5.11 Å². The van der Waals surface area contributed by atoms with Gasteiger partial charge in [0.05, 0.1) is 10.6 Å². The van der Waals surface area contributed by atoms with Crippen LogP contribution in [0.1, 0.15) is 31.7 Å². The Balaban J connectivity index is 1.75. The van der Waals surface area contributed by atoms with Gasteiger partial charge in [-0.1, -0.05) is 18.5 Å². The van der Waals surface area contributed by atoms with Gasteiger partial charge in [0.1, 0.15) is 0 Å². The number of hydrogen-bond donors (Lipinski definition) is 2. The highest BCUT2D eigenvalue weighted by molar-refractivity contribution is 7.80.